The summed E-state index contributed by atoms with van der Waals surface area (Å²) in [5, 5.41) is 3.14. The summed E-state index contributed by atoms with van der Waals surface area (Å²) in [6.45, 7) is 9.62. The molecule has 36 heavy (non-hydrogen) atoms. The van der Waals surface area contributed by atoms with Crippen LogP contribution in [0.2, 0.25) is 0 Å². The molecule has 2 fully saturated rings. The molecule has 1 atom stereocenters. The number of nitrogens with one attached hydrogen (secondary N) is 1. The molecule has 2 saturated heterocycles. The first-order chi connectivity index (χ1) is 17.4. The molecular formula is C27H38N6O3. The van der Waals surface area contributed by atoms with Crippen molar-refractivity contribution in [2.24, 2.45) is 5.92 Å². The van der Waals surface area contributed by atoms with E-state index >= 15 is 0 Å². The van der Waals surface area contributed by atoms with Crippen molar-refractivity contribution in [2.75, 3.05) is 51.3 Å². The number of rotatable bonds is 7. The van der Waals surface area contributed by atoms with Gasteiger partial charge in [0.1, 0.15) is 0 Å². The Hall–Kier alpha value is -3.20. The minimum atomic E-state index is -0.477. The highest BCUT2D eigenvalue weighted by atomic mass is 16.5. The van der Waals surface area contributed by atoms with Gasteiger partial charge in [0.2, 0.25) is 5.95 Å². The van der Waals surface area contributed by atoms with Crippen LogP contribution in [0.25, 0.3) is 0 Å². The van der Waals surface area contributed by atoms with E-state index in [9.17, 15) is 9.59 Å². The van der Waals surface area contributed by atoms with Crippen molar-refractivity contribution in [3.8, 4) is 0 Å². The van der Waals surface area contributed by atoms with E-state index in [4.69, 9.17) is 4.74 Å². The molecule has 1 aromatic heterocycles. The number of piperidine rings is 1. The van der Waals surface area contributed by atoms with Crippen molar-refractivity contribution in [1.82, 2.24) is 25.1 Å². The first kappa shape index (κ1) is 25.9. The van der Waals surface area contributed by atoms with Crippen LogP contribution >= 0.6 is 0 Å². The third-order valence-corrected chi connectivity index (χ3v) is 7.19. The number of esters is 1. The molecule has 0 bridgehead atoms. The van der Waals surface area contributed by atoms with Crippen LogP contribution in [0.15, 0.2) is 36.4 Å². The first-order valence-electron chi connectivity index (χ1n) is 12.9. The molecule has 2 aliphatic rings. The second kappa shape index (κ2) is 12.2. The van der Waals surface area contributed by atoms with Crippen molar-refractivity contribution in [2.45, 2.75) is 45.7 Å². The highest BCUT2D eigenvalue weighted by Gasteiger charge is 2.29. The van der Waals surface area contributed by atoms with E-state index in [-0.39, 0.29) is 17.8 Å². The van der Waals surface area contributed by atoms with Crippen LogP contribution in [0.1, 0.15) is 47.9 Å². The van der Waals surface area contributed by atoms with Crippen molar-refractivity contribution in [3.63, 3.8) is 0 Å². The quantitative estimate of drug-likeness (QED) is 0.592. The Labute approximate surface area is 213 Å². The van der Waals surface area contributed by atoms with E-state index in [1.807, 2.05) is 23.6 Å². The van der Waals surface area contributed by atoms with Crippen molar-refractivity contribution in [1.29, 1.82) is 0 Å². The fourth-order valence-corrected chi connectivity index (χ4v) is 5.10. The number of ether oxygens (including phenoxy) is 1. The van der Waals surface area contributed by atoms with Gasteiger partial charge in [-0.2, -0.15) is 0 Å². The summed E-state index contributed by atoms with van der Waals surface area (Å²) in [5.74, 6) is 0.685. The molecule has 194 valence electrons. The maximum Gasteiger partial charge on any atom is 0.356 e. The molecule has 0 unspecified atom stereocenters. The molecule has 1 aromatic carbocycles. The zero-order valence-corrected chi connectivity index (χ0v) is 21.7. The number of hydrogen-bond acceptors (Lipinski definition) is 7. The third kappa shape index (κ3) is 6.72. The Kier molecular flexibility index (Phi) is 8.74. The van der Waals surface area contributed by atoms with Crippen molar-refractivity contribution < 1.29 is 14.3 Å². The van der Waals surface area contributed by atoms with E-state index in [0.29, 0.717) is 43.7 Å². The zero-order chi connectivity index (χ0) is 25.5. The van der Waals surface area contributed by atoms with Gasteiger partial charge in [-0.05, 0) is 63.7 Å². The first-order valence-corrected chi connectivity index (χ1v) is 12.9. The highest BCUT2D eigenvalue weighted by molar-refractivity contribution is 5.87. The summed E-state index contributed by atoms with van der Waals surface area (Å²) in [4.78, 5) is 40.1. The van der Waals surface area contributed by atoms with Crippen LogP contribution in [0.5, 0.6) is 0 Å². The van der Waals surface area contributed by atoms with Gasteiger partial charge in [0.05, 0.1) is 7.11 Å². The number of piperazine rings is 1. The van der Waals surface area contributed by atoms with Crippen LogP contribution in [0.4, 0.5) is 10.7 Å². The van der Waals surface area contributed by atoms with Gasteiger partial charge in [0.15, 0.2) is 5.69 Å². The Morgan fingerprint density at radius 2 is 1.83 bits per heavy atom. The van der Waals surface area contributed by atoms with Gasteiger partial charge < -0.3 is 19.9 Å². The smallest absolute Gasteiger partial charge is 0.356 e. The lowest BCUT2D eigenvalue weighted by molar-refractivity contribution is 0.0593. The summed E-state index contributed by atoms with van der Waals surface area (Å²) in [5.41, 5.74) is 2.33. The minimum Gasteiger partial charge on any atom is -0.464 e. The molecular weight excluding hydrogens is 456 g/mol. The van der Waals surface area contributed by atoms with Gasteiger partial charge in [-0.1, -0.05) is 30.3 Å². The SMILES string of the molecule is COC(=O)c1cc(C)nc(N2CCN(C(=O)NCCC3CCN(Cc4ccccc4)CC3)[C@H](C)C2)n1. The van der Waals surface area contributed by atoms with E-state index in [1.54, 1.807) is 6.07 Å². The summed E-state index contributed by atoms with van der Waals surface area (Å²) in [7, 11) is 1.34. The Balaban J connectivity index is 1.19. The molecule has 3 heterocycles. The summed E-state index contributed by atoms with van der Waals surface area (Å²) in [6.07, 6.45) is 3.39. The van der Waals surface area contributed by atoms with Gasteiger partial charge in [-0.15, -0.1) is 0 Å². The number of nitrogens with zero attached hydrogens (tertiary/aromatic N) is 5. The summed E-state index contributed by atoms with van der Waals surface area (Å²) >= 11 is 0. The monoisotopic (exact) mass is 494 g/mol. The number of urea groups is 1. The average Bonchev–Trinajstić information content (AvgIpc) is 2.89. The largest absolute Gasteiger partial charge is 0.464 e. The van der Waals surface area contributed by atoms with Crippen LogP contribution in [-0.4, -0.2) is 84.2 Å². The van der Waals surface area contributed by atoms with Gasteiger partial charge in [0.25, 0.3) is 0 Å². The predicted octanol–water partition coefficient (Wildman–Crippen LogP) is 3.09. The van der Waals surface area contributed by atoms with E-state index in [0.717, 1.165) is 26.1 Å². The molecule has 9 nitrogen and oxygen atoms in total. The van der Waals surface area contributed by atoms with Crippen LogP contribution in [0.3, 0.4) is 0 Å². The standard InChI is InChI=1S/C27H38N6O3/c1-20-17-24(25(34)36-3)30-26(29-20)32-15-16-33(21(2)18-32)27(35)28-12-9-22-10-13-31(14-11-22)19-23-7-5-4-6-8-23/h4-8,17,21-22H,9-16,18-19H2,1-3H3,(H,28,35)/t21-/m1/s1. The number of likely N-dealkylation sites (tertiary alicyclic amines) is 1. The van der Waals surface area contributed by atoms with E-state index in [2.05, 4.69) is 50.5 Å². The van der Waals surface area contributed by atoms with Gasteiger partial charge >= 0.3 is 12.0 Å². The lowest BCUT2D eigenvalue weighted by atomic mass is 9.93. The molecule has 0 aliphatic carbocycles. The number of hydrogen-bond donors (Lipinski definition) is 1. The number of aromatic nitrogens is 2. The molecule has 2 aliphatic heterocycles. The second-order valence-electron chi connectivity index (χ2n) is 9.90. The molecule has 2 amide bonds. The molecule has 1 N–H and O–H groups in total. The number of benzene rings is 1. The van der Waals surface area contributed by atoms with E-state index in [1.165, 1.54) is 25.5 Å². The normalized spacial score (nSPS) is 19.2. The number of carbonyl (C=O) groups is 2. The fourth-order valence-electron chi connectivity index (χ4n) is 5.10. The number of anilines is 1. The summed E-state index contributed by atoms with van der Waals surface area (Å²) < 4.78 is 4.80. The van der Waals surface area contributed by atoms with Crippen molar-refractivity contribution >= 4 is 17.9 Å². The number of methoxy groups -OCH3 is 1. The van der Waals surface area contributed by atoms with Crippen LogP contribution in [0, 0.1) is 12.8 Å². The second-order valence-corrected chi connectivity index (χ2v) is 9.90. The lowest BCUT2D eigenvalue weighted by Gasteiger charge is -2.40. The van der Waals surface area contributed by atoms with Crippen LogP contribution in [-0.2, 0) is 11.3 Å². The fraction of sp³-hybridized carbons (Fsp3) is 0.556. The highest BCUT2D eigenvalue weighted by Crippen LogP contribution is 2.22. The molecule has 4 rings (SSSR count). The Morgan fingerprint density at radius 1 is 1.08 bits per heavy atom. The predicted molar refractivity (Wildman–Crippen MR) is 139 cm³/mol. The Morgan fingerprint density at radius 3 is 2.53 bits per heavy atom. The Bertz CT molecular complexity index is 1030. The molecule has 9 heteroatoms. The third-order valence-electron chi connectivity index (χ3n) is 7.19. The maximum atomic E-state index is 12.9. The average molecular weight is 495 g/mol. The minimum absolute atomic E-state index is 0.00524. The molecule has 0 saturated carbocycles. The molecule has 0 radical (unpaired) electrons. The van der Waals surface area contributed by atoms with Gasteiger partial charge in [-0.3, -0.25) is 4.90 Å². The topological polar surface area (TPSA) is 90.9 Å². The number of carbonyl (C=O) groups excluding carboxylic acids is 2. The van der Waals surface area contributed by atoms with E-state index < -0.39 is 5.97 Å². The van der Waals surface area contributed by atoms with Crippen molar-refractivity contribution in [3.05, 3.63) is 53.3 Å². The van der Waals surface area contributed by atoms with Gasteiger partial charge in [0, 0.05) is 44.5 Å². The maximum absolute atomic E-state index is 12.9. The number of amides is 2. The van der Waals surface area contributed by atoms with Crippen LogP contribution < -0.4 is 10.2 Å². The molecule has 0 spiro atoms. The van der Waals surface area contributed by atoms with Gasteiger partial charge in [-0.25, -0.2) is 19.6 Å². The zero-order valence-electron chi connectivity index (χ0n) is 21.7. The number of aryl methyl sites for hydroxylation is 1. The lowest BCUT2D eigenvalue weighted by Crippen LogP contribution is -2.57. The molecule has 2 aromatic rings. The summed E-state index contributed by atoms with van der Waals surface area (Å²) in [6, 6.07) is 12.3.